The Kier molecular flexibility index (Phi) is 5.30. The van der Waals surface area contributed by atoms with Gasteiger partial charge in [0.25, 0.3) is 0 Å². The topological polar surface area (TPSA) is 49.8 Å². The molecular formula is C17H28N4. The molecule has 0 saturated heterocycles. The van der Waals surface area contributed by atoms with Crippen LogP contribution in [0.15, 0.2) is 12.3 Å². The lowest BCUT2D eigenvalue weighted by Crippen LogP contribution is -2.24. The van der Waals surface area contributed by atoms with Gasteiger partial charge in [0.2, 0.25) is 5.95 Å². The second-order valence-corrected chi connectivity index (χ2v) is 6.58. The van der Waals surface area contributed by atoms with E-state index < -0.39 is 0 Å². The molecule has 2 fully saturated rings. The molecule has 116 valence electrons. The van der Waals surface area contributed by atoms with Gasteiger partial charge in [0.1, 0.15) is 5.82 Å². The molecule has 4 heteroatoms. The summed E-state index contributed by atoms with van der Waals surface area (Å²) in [7, 11) is 0. The predicted octanol–water partition coefficient (Wildman–Crippen LogP) is 4.36. The molecule has 0 amide bonds. The first-order chi connectivity index (χ1) is 10.4. The van der Waals surface area contributed by atoms with Gasteiger partial charge in [-0.1, -0.05) is 44.9 Å². The lowest BCUT2D eigenvalue weighted by Gasteiger charge is -2.23. The van der Waals surface area contributed by atoms with Crippen molar-refractivity contribution in [3.8, 4) is 0 Å². The predicted molar refractivity (Wildman–Crippen MR) is 87.6 cm³/mol. The Balaban J connectivity index is 1.56. The molecule has 4 nitrogen and oxygen atoms in total. The van der Waals surface area contributed by atoms with Crippen LogP contribution in [0.3, 0.4) is 0 Å². The average Bonchev–Trinajstić information content (AvgIpc) is 2.77. The molecule has 0 spiro atoms. The summed E-state index contributed by atoms with van der Waals surface area (Å²) in [6.45, 7) is 0. The van der Waals surface area contributed by atoms with Gasteiger partial charge in [-0.3, -0.25) is 0 Å². The number of hydrogen-bond donors (Lipinski definition) is 2. The Bertz CT molecular complexity index is 421. The van der Waals surface area contributed by atoms with Crippen LogP contribution in [0.4, 0.5) is 11.8 Å². The van der Waals surface area contributed by atoms with Gasteiger partial charge in [0.05, 0.1) is 0 Å². The molecule has 0 bridgehead atoms. The second-order valence-electron chi connectivity index (χ2n) is 6.58. The molecule has 0 aromatic carbocycles. The molecule has 2 N–H and O–H groups in total. The van der Waals surface area contributed by atoms with Crippen LogP contribution in [-0.4, -0.2) is 22.1 Å². The first-order valence-corrected chi connectivity index (χ1v) is 8.76. The average molecular weight is 288 g/mol. The molecular weight excluding hydrogens is 260 g/mol. The zero-order chi connectivity index (χ0) is 14.3. The number of hydrogen-bond acceptors (Lipinski definition) is 4. The van der Waals surface area contributed by atoms with Crippen LogP contribution in [-0.2, 0) is 0 Å². The molecule has 2 aliphatic carbocycles. The quantitative estimate of drug-likeness (QED) is 0.808. The lowest BCUT2D eigenvalue weighted by atomic mass is 9.96. The molecule has 1 heterocycles. The van der Waals surface area contributed by atoms with Gasteiger partial charge in [-0.05, 0) is 31.7 Å². The fourth-order valence-corrected chi connectivity index (χ4v) is 3.57. The van der Waals surface area contributed by atoms with Crippen LogP contribution < -0.4 is 10.6 Å². The van der Waals surface area contributed by atoms with E-state index in [1.54, 1.807) is 0 Å². The van der Waals surface area contributed by atoms with Crippen molar-refractivity contribution < 1.29 is 0 Å². The minimum atomic E-state index is 0.562. The highest BCUT2D eigenvalue weighted by molar-refractivity contribution is 5.40. The SMILES string of the molecule is c1cc(NC2CCCCCC2)nc(NC2CCCCC2)n1. The van der Waals surface area contributed by atoms with Crippen molar-refractivity contribution in [3.05, 3.63) is 12.3 Å². The Hall–Kier alpha value is -1.32. The fraction of sp³-hybridized carbons (Fsp3) is 0.765. The maximum atomic E-state index is 4.66. The molecule has 3 rings (SSSR count). The highest BCUT2D eigenvalue weighted by Crippen LogP contribution is 2.22. The summed E-state index contributed by atoms with van der Waals surface area (Å²) in [6, 6.07) is 3.15. The van der Waals surface area contributed by atoms with Crippen LogP contribution in [0, 0.1) is 0 Å². The highest BCUT2D eigenvalue weighted by Gasteiger charge is 2.15. The first-order valence-electron chi connectivity index (χ1n) is 8.76. The van der Waals surface area contributed by atoms with Crippen molar-refractivity contribution in [3.63, 3.8) is 0 Å². The standard InChI is InChI=1S/C17H28N4/c1-2-5-9-14(8-4-1)19-16-12-13-18-17(21-16)20-15-10-6-3-7-11-15/h12-15H,1-11H2,(H2,18,19,20,21). The van der Waals surface area contributed by atoms with Gasteiger partial charge in [0.15, 0.2) is 0 Å². The molecule has 0 aliphatic heterocycles. The van der Waals surface area contributed by atoms with Crippen molar-refractivity contribution in [1.82, 2.24) is 9.97 Å². The van der Waals surface area contributed by atoms with Crippen LogP contribution in [0.1, 0.15) is 70.6 Å². The van der Waals surface area contributed by atoms with Crippen LogP contribution in [0.5, 0.6) is 0 Å². The molecule has 21 heavy (non-hydrogen) atoms. The fourth-order valence-electron chi connectivity index (χ4n) is 3.57. The molecule has 2 saturated carbocycles. The van der Waals surface area contributed by atoms with E-state index in [0.717, 1.165) is 11.8 Å². The lowest BCUT2D eigenvalue weighted by molar-refractivity contribution is 0.461. The summed E-state index contributed by atoms with van der Waals surface area (Å²) in [5, 5.41) is 7.12. The maximum Gasteiger partial charge on any atom is 0.224 e. The van der Waals surface area contributed by atoms with Crippen molar-refractivity contribution in [2.45, 2.75) is 82.7 Å². The monoisotopic (exact) mass is 288 g/mol. The summed E-state index contributed by atoms with van der Waals surface area (Å²) in [4.78, 5) is 9.04. The summed E-state index contributed by atoms with van der Waals surface area (Å²) in [5.41, 5.74) is 0. The second kappa shape index (κ2) is 7.62. The third kappa shape index (κ3) is 4.58. The van der Waals surface area contributed by atoms with Crippen LogP contribution in [0.25, 0.3) is 0 Å². The van der Waals surface area contributed by atoms with E-state index in [0.29, 0.717) is 12.1 Å². The van der Waals surface area contributed by atoms with Gasteiger partial charge < -0.3 is 10.6 Å². The zero-order valence-electron chi connectivity index (χ0n) is 13.0. The Morgan fingerprint density at radius 3 is 2.00 bits per heavy atom. The van der Waals surface area contributed by atoms with E-state index in [-0.39, 0.29) is 0 Å². The van der Waals surface area contributed by atoms with Gasteiger partial charge in [-0.2, -0.15) is 4.98 Å². The minimum absolute atomic E-state index is 0.562. The molecule has 1 aromatic rings. The third-order valence-corrected chi connectivity index (χ3v) is 4.80. The largest absolute Gasteiger partial charge is 0.367 e. The summed E-state index contributed by atoms with van der Waals surface area (Å²) >= 11 is 0. The summed E-state index contributed by atoms with van der Waals surface area (Å²) in [6.07, 6.45) is 16.4. The van der Waals surface area contributed by atoms with E-state index in [1.807, 2.05) is 12.3 Å². The van der Waals surface area contributed by atoms with Gasteiger partial charge in [-0.25, -0.2) is 4.98 Å². The normalized spacial score (nSPS) is 21.7. The molecule has 0 radical (unpaired) electrons. The van der Waals surface area contributed by atoms with E-state index >= 15 is 0 Å². The Morgan fingerprint density at radius 1 is 0.762 bits per heavy atom. The van der Waals surface area contributed by atoms with Gasteiger partial charge >= 0.3 is 0 Å². The zero-order valence-corrected chi connectivity index (χ0v) is 13.0. The molecule has 2 aliphatic rings. The van der Waals surface area contributed by atoms with Gasteiger partial charge in [0, 0.05) is 18.3 Å². The number of anilines is 2. The maximum absolute atomic E-state index is 4.66. The van der Waals surface area contributed by atoms with Crippen LogP contribution >= 0.6 is 0 Å². The van der Waals surface area contributed by atoms with E-state index in [2.05, 4.69) is 20.6 Å². The van der Waals surface area contributed by atoms with Crippen LogP contribution in [0.2, 0.25) is 0 Å². The molecule has 0 atom stereocenters. The number of nitrogens with zero attached hydrogens (tertiary/aromatic N) is 2. The van der Waals surface area contributed by atoms with E-state index in [1.165, 1.54) is 70.6 Å². The minimum Gasteiger partial charge on any atom is -0.367 e. The molecule has 0 unspecified atom stereocenters. The summed E-state index contributed by atoms with van der Waals surface area (Å²) < 4.78 is 0. The van der Waals surface area contributed by atoms with E-state index in [9.17, 15) is 0 Å². The Morgan fingerprint density at radius 2 is 1.33 bits per heavy atom. The van der Waals surface area contributed by atoms with Crippen molar-refractivity contribution in [1.29, 1.82) is 0 Å². The smallest absolute Gasteiger partial charge is 0.224 e. The van der Waals surface area contributed by atoms with Crippen molar-refractivity contribution in [2.75, 3.05) is 10.6 Å². The van der Waals surface area contributed by atoms with Crippen molar-refractivity contribution >= 4 is 11.8 Å². The summed E-state index contributed by atoms with van der Waals surface area (Å²) in [5.74, 6) is 1.77. The number of nitrogens with one attached hydrogen (secondary N) is 2. The van der Waals surface area contributed by atoms with Gasteiger partial charge in [-0.15, -0.1) is 0 Å². The number of rotatable bonds is 4. The Labute approximate surface area is 128 Å². The first kappa shape index (κ1) is 14.6. The van der Waals surface area contributed by atoms with Crippen molar-refractivity contribution in [2.24, 2.45) is 0 Å². The highest BCUT2D eigenvalue weighted by atomic mass is 15.2. The number of aromatic nitrogens is 2. The molecule has 1 aromatic heterocycles. The third-order valence-electron chi connectivity index (χ3n) is 4.80. The van der Waals surface area contributed by atoms with E-state index in [4.69, 9.17) is 0 Å².